The quantitative estimate of drug-likeness (QED) is 0.866. The SMILES string of the molecule is CNCC1CCN(C(=O)Cc2ccccn2)CC1. The standard InChI is InChI=1S/C14H21N3O/c1-15-11-12-5-8-17(9-6-12)14(18)10-13-4-2-3-7-16-13/h2-4,7,12,15H,5-6,8-11H2,1H3. The molecule has 1 aromatic rings. The summed E-state index contributed by atoms with van der Waals surface area (Å²) in [5, 5.41) is 3.21. The van der Waals surface area contributed by atoms with Crippen molar-refractivity contribution in [2.24, 2.45) is 5.92 Å². The summed E-state index contributed by atoms with van der Waals surface area (Å²) in [4.78, 5) is 18.3. The van der Waals surface area contributed by atoms with Gasteiger partial charge >= 0.3 is 0 Å². The smallest absolute Gasteiger partial charge is 0.228 e. The van der Waals surface area contributed by atoms with Crippen LogP contribution in [0, 0.1) is 5.92 Å². The van der Waals surface area contributed by atoms with Crippen LogP contribution in [0.4, 0.5) is 0 Å². The molecule has 1 aliphatic rings. The molecule has 0 bridgehead atoms. The summed E-state index contributed by atoms with van der Waals surface area (Å²) in [6, 6.07) is 5.71. The van der Waals surface area contributed by atoms with Gasteiger partial charge in [0.2, 0.25) is 5.91 Å². The van der Waals surface area contributed by atoms with Crippen molar-refractivity contribution >= 4 is 5.91 Å². The summed E-state index contributed by atoms with van der Waals surface area (Å²) in [6.45, 7) is 2.83. The number of hydrogen-bond acceptors (Lipinski definition) is 3. The minimum Gasteiger partial charge on any atom is -0.342 e. The average molecular weight is 247 g/mol. The van der Waals surface area contributed by atoms with E-state index in [-0.39, 0.29) is 5.91 Å². The molecule has 4 nitrogen and oxygen atoms in total. The fourth-order valence-corrected chi connectivity index (χ4v) is 2.44. The Hall–Kier alpha value is -1.42. The van der Waals surface area contributed by atoms with Crippen LogP contribution < -0.4 is 5.32 Å². The molecule has 0 saturated carbocycles. The van der Waals surface area contributed by atoms with E-state index in [1.807, 2.05) is 30.1 Å². The Balaban J connectivity index is 1.81. The van der Waals surface area contributed by atoms with E-state index in [0.717, 1.165) is 38.2 Å². The first-order valence-electron chi connectivity index (χ1n) is 6.62. The maximum Gasteiger partial charge on any atom is 0.228 e. The van der Waals surface area contributed by atoms with E-state index in [0.29, 0.717) is 12.3 Å². The van der Waals surface area contributed by atoms with Gasteiger partial charge in [0.25, 0.3) is 0 Å². The monoisotopic (exact) mass is 247 g/mol. The average Bonchev–Trinajstić information content (AvgIpc) is 2.41. The number of hydrogen-bond donors (Lipinski definition) is 1. The van der Waals surface area contributed by atoms with Crippen molar-refractivity contribution in [1.82, 2.24) is 15.2 Å². The third kappa shape index (κ3) is 3.53. The lowest BCUT2D eigenvalue weighted by atomic mass is 9.96. The highest BCUT2D eigenvalue weighted by Crippen LogP contribution is 2.17. The third-order valence-corrected chi connectivity index (χ3v) is 3.52. The van der Waals surface area contributed by atoms with Crippen molar-refractivity contribution in [3.05, 3.63) is 30.1 Å². The molecule has 1 aliphatic heterocycles. The molecule has 0 aliphatic carbocycles. The van der Waals surface area contributed by atoms with Gasteiger partial charge < -0.3 is 10.2 Å². The third-order valence-electron chi connectivity index (χ3n) is 3.52. The fourth-order valence-electron chi connectivity index (χ4n) is 2.44. The maximum absolute atomic E-state index is 12.1. The molecule has 1 amide bonds. The second kappa shape index (κ2) is 6.50. The van der Waals surface area contributed by atoms with E-state index >= 15 is 0 Å². The first kappa shape index (κ1) is 13.0. The molecular formula is C14H21N3O. The zero-order valence-corrected chi connectivity index (χ0v) is 10.9. The van der Waals surface area contributed by atoms with Gasteiger partial charge in [0, 0.05) is 25.0 Å². The lowest BCUT2D eigenvalue weighted by molar-refractivity contribution is -0.131. The van der Waals surface area contributed by atoms with Gasteiger partial charge in [-0.2, -0.15) is 0 Å². The molecule has 2 heterocycles. The number of amides is 1. The van der Waals surface area contributed by atoms with Gasteiger partial charge in [0.15, 0.2) is 0 Å². The number of piperidine rings is 1. The van der Waals surface area contributed by atoms with Crippen molar-refractivity contribution in [3.8, 4) is 0 Å². The molecule has 4 heteroatoms. The molecular weight excluding hydrogens is 226 g/mol. The minimum absolute atomic E-state index is 0.205. The zero-order chi connectivity index (χ0) is 12.8. The molecule has 1 fully saturated rings. The van der Waals surface area contributed by atoms with Crippen LogP contribution in [0.1, 0.15) is 18.5 Å². The number of aromatic nitrogens is 1. The van der Waals surface area contributed by atoms with Crippen LogP contribution in [0.25, 0.3) is 0 Å². The molecule has 2 rings (SSSR count). The number of nitrogens with zero attached hydrogens (tertiary/aromatic N) is 2. The molecule has 1 N–H and O–H groups in total. The Labute approximate surface area is 108 Å². The van der Waals surface area contributed by atoms with Crippen molar-refractivity contribution in [1.29, 1.82) is 0 Å². The molecule has 0 atom stereocenters. The van der Waals surface area contributed by atoms with Gasteiger partial charge in [-0.1, -0.05) is 6.07 Å². The van der Waals surface area contributed by atoms with Crippen molar-refractivity contribution in [2.45, 2.75) is 19.3 Å². The number of carbonyl (C=O) groups excluding carboxylic acids is 1. The second-order valence-corrected chi connectivity index (χ2v) is 4.88. The summed E-state index contributed by atoms with van der Waals surface area (Å²) in [5.74, 6) is 0.922. The summed E-state index contributed by atoms with van der Waals surface area (Å²) < 4.78 is 0. The Kier molecular flexibility index (Phi) is 4.70. The molecule has 0 radical (unpaired) electrons. The van der Waals surface area contributed by atoms with Crippen LogP contribution >= 0.6 is 0 Å². The van der Waals surface area contributed by atoms with Gasteiger partial charge in [-0.25, -0.2) is 0 Å². The molecule has 18 heavy (non-hydrogen) atoms. The molecule has 0 aromatic carbocycles. The van der Waals surface area contributed by atoms with Gasteiger partial charge in [-0.05, 0) is 44.5 Å². The van der Waals surface area contributed by atoms with Gasteiger partial charge in [-0.15, -0.1) is 0 Å². The van der Waals surface area contributed by atoms with Crippen LogP contribution in [-0.2, 0) is 11.2 Å². The molecule has 1 saturated heterocycles. The van der Waals surface area contributed by atoms with E-state index < -0.39 is 0 Å². The number of likely N-dealkylation sites (tertiary alicyclic amines) is 1. The van der Waals surface area contributed by atoms with Crippen LogP contribution in [-0.4, -0.2) is 42.5 Å². The fraction of sp³-hybridized carbons (Fsp3) is 0.571. The molecule has 0 unspecified atom stereocenters. The van der Waals surface area contributed by atoms with E-state index in [1.165, 1.54) is 0 Å². The number of nitrogens with one attached hydrogen (secondary N) is 1. The van der Waals surface area contributed by atoms with Crippen molar-refractivity contribution in [2.75, 3.05) is 26.7 Å². The van der Waals surface area contributed by atoms with Crippen LogP contribution in [0.15, 0.2) is 24.4 Å². The maximum atomic E-state index is 12.1. The van der Waals surface area contributed by atoms with Gasteiger partial charge in [0.05, 0.1) is 6.42 Å². The van der Waals surface area contributed by atoms with Crippen LogP contribution in [0.5, 0.6) is 0 Å². The first-order chi connectivity index (χ1) is 8.79. The summed E-state index contributed by atoms with van der Waals surface area (Å²) in [6.07, 6.45) is 4.38. The van der Waals surface area contributed by atoms with E-state index in [4.69, 9.17) is 0 Å². The summed E-state index contributed by atoms with van der Waals surface area (Å²) in [7, 11) is 1.98. The predicted molar refractivity (Wildman–Crippen MR) is 71.2 cm³/mol. The Morgan fingerprint density at radius 1 is 1.44 bits per heavy atom. The summed E-state index contributed by atoms with van der Waals surface area (Å²) in [5.41, 5.74) is 0.861. The van der Waals surface area contributed by atoms with E-state index in [2.05, 4.69) is 10.3 Å². The van der Waals surface area contributed by atoms with Crippen LogP contribution in [0.3, 0.4) is 0 Å². The first-order valence-corrected chi connectivity index (χ1v) is 6.62. The highest BCUT2D eigenvalue weighted by atomic mass is 16.2. The van der Waals surface area contributed by atoms with Gasteiger partial charge in [-0.3, -0.25) is 9.78 Å². The zero-order valence-electron chi connectivity index (χ0n) is 10.9. The number of pyridine rings is 1. The second-order valence-electron chi connectivity index (χ2n) is 4.88. The van der Waals surface area contributed by atoms with E-state index in [1.54, 1.807) is 6.20 Å². The topological polar surface area (TPSA) is 45.2 Å². The normalized spacial score (nSPS) is 16.8. The largest absolute Gasteiger partial charge is 0.342 e. The van der Waals surface area contributed by atoms with Crippen LogP contribution in [0.2, 0.25) is 0 Å². The minimum atomic E-state index is 0.205. The van der Waals surface area contributed by atoms with Gasteiger partial charge in [0.1, 0.15) is 0 Å². The predicted octanol–water partition coefficient (Wildman–Crippen LogP) is 1.08. The molecule has 0 spiro atoms. The highest BCUT2D eigenvalue weighted by molar-refractivity contribution is 5.78. The van der Waals surface area contributed by atoms with Crippen molar-refractivity contribution < 1.29 is 4.79 Å². The Morgan fingerprint density at radius 3 is 2.83 bits per heavy atom. The number of rotatable bonds is 4. The number of carbonyl (C=O) groups is 1. The lowest BCUT2D eigenvalue weighted by Gasteiger charge is -2.32. The van der Waals surface area contributed by atoms with E-state index in [9.17, 15) is 4.79 Å². The molecule has 98 valence electrons. The molecule has 1 aromatic heterocycles. The van der Waals surface area contributed by atoms with Crippen molar-refractivity contribution in [3.63, 3.8) is 0 Å². The Bertz CT molecular complexity index is 372. The highest BCUT2D eigenvalue weighted by Gasteiger charge is 2.22. The summed E-state index contributed by atoms with van der Waals surface area (Å²) >= 11 is 0. The lowest BCUT2D eigenvalue weighted by Crippen LogP contribution is -2.41. The Morgan fingerprint density at radius 2 is 2.22 bits per heavy atom.